The number of pyridine rings is 1. The van der Waals surface area contributed by atoms with Crippen LogP contribution in [0.1, 0.15) is 77.0 Å². The SMILES string of the molecule is COc1cc2c(Oc3ccc(NC(=O)C4(C(=O)Nc5ccc(F)cc5)CC4)cc3F)ccnc2cc1OCCCCOCCCCOCC(=O)N[C@@H](C(=O)N1C[C@@H](O)CC1C(=O)NCc1ccc(-c2scnc2C)cc1)C(C)(C)C. The van der Waals surface area contributed by atoms with E-state index < -0.39 is 64.3 Å². The van der Waals surface area contributed by atoms with Crippen LogP contribution in [0.5, 0.6) is 23.0 Å². The average Bonchev–Trinajstić information content (AvgIpc) is 4.03. The van der Waals surface area contributed by atoms with E-state index in [1.54, 1.807) is 35.0 Å². The van der Waals surface area contributed by atoms with Crippen LogP contribution in [-0.2, 0) is 40.0 Å². The number of unbranched alkanes of at least 4 members (excludes halogenated alkanes) is 2. The van der Waals surface area contributed by atoms with E-state index in [1.807, 2.05) is 52.0 Å². The minimum absolute atomic E-state index is 0.0269. The van der Waals surface area contributed by atoms with Gasteiger partial charge in [0.05, 0.1) is 41.4 Å². The van der Waals surface area contributed by atoms with Gasteiger partial charge in [-0.05, 0) is 111 Å². The molecular formula is C59H67F2N7O11S. The van der Waals surface area contributed by atoms with Crippen molar-refractivity contribution in [1.82, 2.24) is 25.5 Å². The molecule has 1 aliphatic carbocycles. The molecule has 5 N–H and O–H groups in total. The maximum atomic E-state index is 15.5. The van der Waals surface area contributed by atoms with Crippen molar-refractivity contribution in [3.05, 3.63) is 120 Å². The molecule has 0 spiro atoms. The van der Waals surface area contributed by atoms with Gasteiger partial charge in [-0.1, -0.05) is 45.0 Å². The Kier molecular flexibility index (Phi) is 19.5. The summed E-state index contributed by atoms with van der Waals surface area (Å²) in [5, 5.41) is 22.1. The van der Waals surface area contributed by atoms with Crippen molar-refractivity contribution < 1.29 is 61.5 Å². The van der Waals surface area contributed by atoms with Gasteiger partial charge in [0.25, 0.3) is 0 Å². The lowest BCUT2D eigenvalue weighted by atomic mass is 9.85. The van der Waals surface area contributed by atoms with Crippen molar-refractivity contribution >= 4 is 63.2 Å². The molecule has 2 aromatic heterocycles. The number of ether oxygens (including phenoxy) is 5. The Morgan fingerprint density at radius 1 is 0.800 bits per heavy atom. The molecule has 1 saturated carbocycles. The van der Waals surface area contributed by atoms with Gasteiger partial charge in [-0.15, -0.1) is 11.3 Å². The van der Waals surface area contributed by atoms with E-state index in [0.29, 0.717) is 92.4 Å². The minimum Gasteiger partial charge on any atom is -0.493 e. The lowest BCUT2D eigenvalue weighted by Crippen LogP contribution is -2.58. The van der Waals surface area contributed by atoms with Crippen LogP contribution >= 0.6 is 11.3 Å². The summed E-state index contributed by atoms with van der Waals surface area (Å²) >= 11 is 1.56. The van der Waals surface area contributed by atoms with E-state index in [4.69, 9.17) is 23.7 Å². The van der Waals surface area contributed by atoms with Crippen molar-refractivity contribution in [2.75, 3.05) is 57.3 Å². The van der Waals surface area contributed by atoms with E-state index in [2.05, 4.69) is 31.2 Å². The molecule has 80 heavy (non-hydrogen) atoms. The number of nitrogens with zero attached hydrogens (tertiary/aromatic N) is 3. The summed E-state index contributed by atoms with van der Waals surface area (Å²) < 4.78 is 57.9. The van der Waals surface area contributed by atoms with Crippen molar-refractivity contribution in [2.45, 2.75) is 97.4 Å². The Morgan fingerprint density at radius 2 is 1.48 bits per heavy atom. The number of aliphatic hydroxyl groups is 1. The normalized spacial score (nSPS) is 15.9. The van der Waals surface area contributed by atoms with Crippen LogP contribution in [-0.4, -0.2) is 114 Å². The van der Waals surface area contributed by atoms with Gasteiger partial charge < -0.3 is 55.0 Å². The van der Waals surface area contributed by atoms with Gasteiger partial charge >= 0.3 is 0 Å². The van der Waals surface area contributed by atoms with Crippen LogP contribution in [0.3, 0.4) is 0 Å². The third-order valence-electron chi connectivity index (χ3n) is 13.8. The Bertz CT molecular complexity index is 3150. The molecule has 1 unspecified atom stereocenters. The van der Waals surface area contributed by atoms with E-state index in [9.17, 15) is 33.5 Å². The summed E-state index contributed by atoms with van der Waals surface area (Å²) in [5.74, 6) is -2.55. The first-order chi connectivity index (χ1) is 38.4. The van der Waals surface area contributed by atoms with Gasteiger partial charge in [0.1, 0.15) is 35.7 Å². The van der Waals surface area contributed by atoms with E-state index in [-0.39, 0.29) is 43.5 Å². The number of aliphatic hydroxyl groups excluding tert-OH is 1. The first kappa shape index (κ1) is 58.6. The number of likely N-dealkylation sites (tertiary alicyclic amines) is 1. The molecule has 2 aliphatic rings. The van der Waals surface area contributed by atoms with Crippen LogP contribution in [0, 0.1) is 29.4 Å². The monoisotopic (exact) mass is 1120 g/mol. The molecule has 2 fully saturated rings. The number of halogens is 2. The van der Waals surface area contributed by atoms with E-state index >= 15 is 4.39 Å². The molecule has 6 aromatic rings. The quantitative estimate of drug-likeness (QED) is 0.0253. The van der Waals surface area contributed by atoms with Crippen LogP contribution in [0.2, 0.25) is 0 Å². The summed E-state index contributed by atoms with van der Waals surface area (Å²) in [6.07, 6.45) is 4.10. The lowest BCUT2D eigenvalue weighted by Gasteiger charge is -2.35. The molecule has 21 heteroatoms. The Hall–Kier alpha value is -7.59. The summed E-state index contributed by atoms with van der Waals surface area (Å²) in [7, 11) is 1.50. The molecular weight excluding hydrogens is 1050 g/mol. The number of fused-ring (bicyclic) bond motifs is 1. The summed E-state index contributed by atoms with van der Waals surface area (Å²) in [5.41, 5.74) is 3.66. The third kappa shape index (κ3) is 15.0. The number of nitrogens with one attached hydrogen (secondary N) is 4. The number of hydrogen-bond donors (Lipinski definition) is 5. The van der Waals surface area contributed by atoms with Crippen LogP contribution < -0.4 is 35.5 Å². The average molecular weight is 1120 g/mol. The molecule has 18 nitrogen and oxygen atoms in total. The maximum Gasteiger partial charge on any atom is 0.246 e. The molecule has 424 valence electrons. The highest BCUT2D eigenvalue weighted by Crippen LogP contribution is 2.48. The fourth-order valence-corrected chi connectivity index (χ4v) is 9.94. The second-order valence-electron chi connectivity index (χ2n) is 20.9. The zero-order valence-corrected chi connectivity index (χ0v) is 46.2. The largest absolute Gasteiger partial charge is 0.493 e. The molecule has 0 radical (unpaired) electrons. The zero-order chi connectivity index (χ0) is 57.0. The summed E-state index contributed by atoms with van der Waals surface area (Å²) in [6.45, 7) is 9.08. The first-order valence-corrected chi connectivity index (χ1v) is 27.5. The number of thiazole rings is 1. The maximum absolute atomic E-state index is 15.5. The van der Waals surface area contributed by atoms with Gasteiger partial charge in [-0.25, -0.2) is 13.8 Å². The highest BCUT2D eigenvalue weighted by Gasteiger charge is 2.56. The predicted molar refractivity (Wildman–Crippen MR) is 297 cm³/mol. The van der Waals surface area contributed by atoms with Crippen molar-refractivity contribution in [3.8, 4) is 33.4 Å². The first-order valence-electron chi connectivity index (χ1n) is 26.6. The van der Waals surface area contributed by atoms with E-state index in [1.165, 1.54) is 54.6 Å². The van der Waals surface area contributed by atoms with Crippen molar-refractivity contribution in [2.24, 2.45) is 10.8 Å². The number of amides is 5. The Labute approximate surface area is 466 Å². The molecule has 3 atom stereocenters. The van der Waals surface area contributed by atoms with Crippen molar-refractivity contribution in [3.63, 3.8) is 0 Å². The van der Waals surface area contributed by atoms with Crippen LogP contribution in [0.15, 0.2) is 96.6 Å². The molecule has 0 bridgehead atoms. The fraction of sp³-hybridized carbons (Fsp3) is 0.407. The lowest BCUT2D eigenvalue weighted by molar-refractivity contribution is -0.144. The molecule has 3 heterocycles. The topological polar surface area (TPSA) is 229 Å². The predicted octanol–water partition coefficient (Wildman–Crippen LogP) is 8.88. The van der Waals surface area contributed by atoms with Gasteiger partial charge in [-0.3, -0.25) is 29.0 Å². The molecule has 1 aliphatic heterocycles. The van der Waals surface area contributed by atoms with Gasteiger partial charge in [-0.2, -0.15) is 0 Å². The van der Waals surface area contributed by atoms with Crippen molar-refractivity contribution in [1.29, 1.82) is 0 Å². The van der Waals surface area contributed by atoms with Gasteiger partial charge in [0.2, 0.25) is 29.5 Å². The number of carbonyl (C=O) groups excluding carboxylic acids is 5. The standard InChI is InChI=1S/C59H67F2N7O11S/c1-36-52(80-35-64-36)38-12-10-37(11-13-38)32-63-54(71)46-29-42(69)33-68(46)55(72)53(58(2,3)4)67-51(70)34-77-26-7-6-24-76-25-8-9-27-78-50-31-45-43(30-49(50)75-5)47(20-23-62-45)79-48-19-18-41(28-44(48)61)66-57(74)59(21-22-59)56(73)65-40-16-14-39(60)15-17-40/h10-20,23,28,30-31,35,42,46,53,69H,6-9,21-22,24-27,29,32-34H2,1-5H3,(H,63,71)(H,65,73)(H,66,74)(H,67,70)/t42-,46?,53-/m0/s1. The number of anilines is 2. The number of aromatic nitrogens is 2. The van der Waals surface area contributed by atoms with Crippen LogP contribution in [0.25, 0.3) is 21.3 Å². The molecule has 8 rings (SSSR count). The molecule has 1 saturated heterocycles. The van der Waals surface area contributed by atoms with E-state index in [0.717, 1.165) is 34.2 Å². The highest BCUT2D eigenvalue weighted by molar-refractivity contribution is 7.13. The third-order valence-corrected chi connectivity index (χ3v) is 14.8. The number of carbonyl (C=O) groups is 5. The zero-order valence-electron chi connectivity index (χ0n) is 45.4. The number of aryl methyl sites for hydroxylation is 1. The fourth-order valence-electron chi connectivity index (χ4n) is 9.13. The van der Waals surface area contributed by atoms with Gasteiger partial charge in [0.15, 0.2) is 23.1 Å². The Balaban J connectivity index is 0.708. The van der Waals surface area contributed by atoms with Gasteiger partial charge in [0, 0.05) is 74.4 Å². The minimum atomic E-state index is -1.32. The second kappa shape index (κ2) is 26.6. The number of hydrogen-bond acceptors (Lipinski definition) is 14. The van der Waals surface area contributed by atoms with Crippen LogP contribution in [0.4, 0.5) is 20.2 Å². The smallest absolute Gasteiger partial charge is 0.246 e. The molecule has 5 amide bonds. The number of methoxy groups -OCH3 is 1. The number of β-amino-alcohol motifs (C(OH)–C–C–N with tert-alkyl or cyclic N) is 1. The number of benzene rings is 4. The Morgan fingerprint density at radius 3 is 2.12 bits per heavy atom. The number of rotatable bonds is 26. The highest BCUT2D eigenvalue weighted by atomic mass is 32.1. The second-order valence-corrected chi connectivity index (χ2v) is 21.8. The summed E-state index contributed by atoms with van der Waals surface area (Å²) in [6, 6.07) is 20.1. The molecule has 4 aromatic carbocycles. The summed E-state index contributed by atoms with van der Waals surface area (Å²) in [4.78, 5) is 77.9.